The van der Waals surface area contributed by atoms with E-state index < -0.39 is 0 Å². The molecule has 0 saturated carbocycles. The molecule has 1 saturated heterocycles. The fourth-order valence-electron chi connectivity index (χ4n) is 2.33. The van der Waals surface area contributed by atoms with Crippen LogP contribution in [0.4, 0.5) is 0 Å². The van der Waals surface area contributed by atoms with E-state index in [1.807, 2.05) is 0 Å². The molecule has 2 N–H and O–H groups in total. The highest BCUT2D eigenvalue weighted by Crippen LogP contribution is 2.29. The highest BCUT2D eigenvalue weighted by atomic mass is 79.9. The van der Waals surface area contributed by atoms with E-state index >= 15 is 0 Å². The molecule has 0 aliphatic carbocycles. The SMILES string of the molecule is CN1CCN(C)C(CC(N)c2cscc2Br)C1. The number of thiophene rings is 1. The summed E-state index contributed by atoms with van der Waals surface area (Å²) in [4.78, 5) is 4.82. The Morgan fingerprint density at radius 2 is 2.24 bits per heavy atom. The molecule has 2 atom stereocenters. The van der Waals surface area contributed by atoms with Crippen LogP contribution in [0, 0.1) is 0 Å². The molecular weight excluding hydrogens is 298 g/mol. The third-order valence-electron chi connectivity index (χ3n) is 3.55. The number of hydrogen-bond donors (Lipinski definition) is 1. The summed E-state index contributed by atoms with van der Waals surface area (Å²) >= 11 is 5.27. The van der Waals surface area contributed by atoms with E-state index in [0.717, 1.165) is 30.5 Å². The molecule has 2 heterocycles. The Labute approximate surface area is 116 Å². The van der Waals surface area contributed by atoms with Gasteiger partial charge in [-0.05, 0) is 47.4 Å². The predicted octanol–water partition coefficient (Wildman–Crippen LogP) is 2.15. The monoisotopic (exact) mass is 317 g/mol. The maximum atomic E-state index is 6.31. The van der Waals surface area contributed by atoms with E-state index in [0.29, 0.717) is 6.04 Å². The van der Waals surface area contributed by atoms with Crippen LogP contribution in [0.2, 0.25) is 0 Å². The molecule has 96 valence electrons. The molecule has 2 rings (SSSR count). The van der Waals surface area contributed by atoms with E-state index in [9.17, 15) is 0 Å². The van der Waals surface area contributed by atoms with Crippen molar-refractivity contribution in [3.8, 4) is 0 Å². The minimum absolute atomic E-state index is 0.134. The predicted molar refractivity (Wildman–Crippen MR) is 77.5 cm³/mol. The van der Waals surface area contributed by atoms with Gasteiger partial charge in [-0.2, -0.15) is 11.3 Å². The lowest BCUT2D eigenvalue weighted by Crippen LogP contribution is -2.50. The second kappa shape index (κ2) is 5.80. The second-order valence-electron chi connectivity index (χ2n) is 4.91. The first-order valence-electron chi connectivity index (χ1n) is 5.94. The minimum Gasteiger partial charge on any atom is -0.324 e. The van der Waals surface area contributed by atoms with Crippen LogP contribution in [-0.4, -0.2) is 49.6 Å². The van der Waals surface area contributed by atoms with E-state index in [4.69, 9.17) is 5.73 Å². The Morgan fingerprint density at radius 1 is 1.47 bits per heavy atom. The van der Waals surface area contributed by atoms with Gasteiger partial charge < -0.3 is 15.5 Å². The number of nitrogens with two attached hydrogens (primary N) is 1. The van der Waals surface area contributed by atoms with Crippen LogP contribution in [0.15, 0.2) is 15.2 Å². The van der Waals surface area contributed by atoms with Gasteiger partial charge in [0.25, 0.3) is 0 Å². The molecule has 17 heavy (non-hydrogen) atoms. The van der Waals surface area contributed by atoms with Crippen molar-refractivity contribution in [1.29, 1.82) is 0 Å². The first kappa shape index (κ1) is 13.5. The molecule has 2 unspecified atom stereocenters. The van der Waals surface area contributed by atoms with Gasteiger partial charge in [0.1, 0.15) is 0 Å². The molecule has 1 aliphatic rings. The van der Waals surface area contributed by atoms with Crippen LogP contribution in [-0.2, 0) is 0 Å². The van der Waals surface area contributed by atoms with Crippen molar-refractivity contribution in [2.24, 2.45) is 5.73 Å². The van der Waals surface area contributed by atoms with E-state index in [2.05, 4.69) is 50.6 Å². The molecule has 0 bridgehead atoms. The van der Waals surface area contributed by atoms with Crippen molar-refractivity contribution >= 4 is 27.3 Å². The average molecular weight is 318 g/mol. The topological polar surface area (TPSA) is 32.5 Å². The van der Waals surface area contributed by atoms with Gasteiger partial charge >= 0.3 is 0 Å². The Hall–Kier alpha value is 0.0600. The number of rotatable bonds is 3. The minimum atomic E-state index is 0.134. The van der Waals surface area contributed by atoms with Gasteiger partial charge in [0.2, 0.25) is 0 Å². The van der Waals surface area contributed by atoms with Gasteiger partial charge in [0.05, 0.1) is 0 Å². The summed E-state index contributed by atoms with van der Waals surface area (Å²) in [6.07, 6.45) is 1.02. The third-order valence-corrected chi connectivity index (χ3v) is 5.30. The Morgan fingerprint density at radius 3 is 2.88 bits per heavy atom. The molecule has 1 aromatic heterocycles. The molecule has 0 radical (unpaired) electrons. The Balaban J connectivity index is 1.98. The summed E-state index contributed by atoms with van der Waals surface area (Å²) in [5.41, 5.74) is 7.56. The first-order chi connectivity index (χ1) is 8.08. The number of likely N-dealkylation sites (N-methyl/N-ethyl adjacent to an activating group) is 2. The van der Waals surface area contributed by atoms with Gasteiger partial charge in [0.15, 0.2) is 0 Å². The maximum absolute atomic E-state index is 6.31. The summed E-state index contributed by atoms with van der Waals surface area (Å²) < 4.78 is 1.15. The lowest BCUT2D eigenvalue weighted by molar-refractivity contribution is 0.104. The summed E-state index contributed by atoms with van der Waals surface area (Å²) in [5, 5.41) is 4.26. The standard InChI is InChI=1S/C12H20BrN3S/c1-15-3-4-16(2)9(6-15)5-12(14)10-7-17-8-11(10)13/h7-9,12H,3-6,14H2,1-2H3. The van der Waals surface area contributed by atoms with Crippen LogP contribution in [0.3, 0.4) is 0 Å². The van der Waals surface area contributed by atoms with E-state index in [1.54, 1.807) is 11.3 Å². The fourth-order valence-corrected chi connectivity index (χ4v) is 3.99. The number of piperazine rings is 1. The Kier molecular flexibility index (Phi) is 4.60. The van der Waals surface area contributed by atoms with Gasteiger partial charge in [-0.25, -0.2) is 0 Å². The normalized spacial score (nSPS) is 25.1. The highest BCUT2D eigenvalue weighted by molar-refractivity contribution is 9.10. The van der Waals surface area contributed by atoms with Crippen LogP contribution >= 0.6 is 27.3 Å². The molecule has 0 amide bonds. The maximum Gasteiger partial charge on any atom is 0.0330 e. The van der Waals surface area contributed by atoms with Gasteiger partial charge in [-0.1, -0.05) is 0 Å². The van der Waals surface area contributed by atoms with Gasteiger partial charge in [-0.3, -0.25) is 0 Å². The molecule has 3 nitrogen and oxygen atoms in total. The largest absolute Gasteiger partial charge is 0.324 e. The molecule has 0 spiro atoms. The van der Waals surface area contributed by atoms with Crippen molar-refractivity contribution in [3.63, 3.8) is 0 Å². The summed E-state index contributed by atoms with van der Waals surface area (Å²) in [7, 11) is 4.39. The third kappa shape index (κ3) is 3.29. The van der Waals surface area contributed by atoms with Crippen molar-refractivity contribution in [2.45, 2.75) is 18.5 Å². The summed E-state index contributed by atoms with van der Waals surface area (Å²) in [6.45, 7) is 3.41. The molecular formula is C12H20BrN3S. The molecule has 1 aliphatic heterocycles. The highest BCUT2D eigenvalue weighted by Gasteiger charge is 2.25. The molecule has 1 aromatic rings. The number of hydrogen-bond acceptors (Lipinski definition) is 4. The second-order valence-corrected chi connectivity index (χ2v) is 6.51. The van der Waals surface area contributed by atoms with Crippen molar-refractivity contribution < 1.29 is 0 Å². The van der Waals surface area contributed by atoms with Crippen LogP contribution < -0.4 is 5.73 Å². The molecule has 5 heteroatoms. The molecule has 1 fully saturated rings. The lowest BCUT2D eigenvalue weighted by atomic mass is 10.00. The van der Waals surface area contributed by atoms with Crippen molar-refractivity contribution in [1.82, 2.24) is 9.80 Å². The lowest BCUT2D eigenvalue weighted by Gasteiger charge is -2.38. The van der Waals surface area contributed by atoms with E-state index in [-0.39, 0.29) is 6.04 Å². The number of halogens is 1. The smallest absolute Gasteiger partial charge is 0.0330 e. The first-order valence-corrected chi connectivity index (χ1v) is 7.67. The fraction of sp³-hybridized carbons (Fsp3) is 0.667. The van der Waals surface area contributed by atoms with E-state index in [1.165, 1.54) is 5.56 Å². The zero-order valence-electron chi connectivity index (χ0n) is 10.4. The molecule has 0 aromatic carbocycles. The van der Waals surface area contributed by atoms with Gasteiger partial charge in [-0.15, -0.1) is 0 Å². The Bertz CT molecular complexity index is 368. The summed E-state index contributed by atoms with van der Waals surface area (Å²) in [5.74, 6) is 0. The van der Waals surface area contributed by atoms with Gasteiger partial charge in [0, 0.05) is 41.6 Å². The van der Waals surface area contributed by atoms with Crippen LogP contribution in [0.25, 0.3) is 0 Å². The van der Waals surface area contributed by atoms with Crippen LogP contribution in [0.5, 0.6) is 0 Å². The van der Waals surface area contributed by atoms with Crippen molar-refractivity contribution in [2.75, 3.05) is 33.7 Å². The van der Waals surface area contributed by atoms with Crippen molar-refractivity contribution in [3.05, 3.63) is 20.8 Å². The van der Waals surface area contributed by atoms with Crippen LogP contribution in [0.1, 0.15) is 18.0 Å². The summed E-state index contributed by atoms with van der Waals surface area (Å²) in [6, 6.07) is 0.699. The average Bonchev–Trinajstić information content (AvgIpc) is 2.70. The number of nitrogens with zero attached hydrogens (tertiary/aromatic N) is 2. The zero-order chi connectivity index (χ0) is 12.4. The zero-order valence-corrected chi connectivity index (χ0v) is 12.8. The quantitative estimate of drug-likeness (QED) is 0.927.